The first-order valence-electron chi connectivity index (χ1n) is 22.6. The minimum absolute atomic E-state index is 0.119. The van der Waals surface area contributed by atoms with Crippen molar-refractivity contribution in [1.82, 2.24) is 0 Å². The van der Waals surface area contributed by atoms with Crippen LogP contribution >= 0.6 is 0 Å². The first kappa shape index (κ1) is 52.6. The molecule has 0 saturated heterocycles. The van der Waals surface area contributed by atoms with Gasteiger partial charge in [0.2, 0.25) is 0 Å². The second-order valence-electron chi connectivity index (χ2n) is 14.7. The van der Waals surface area contributed by atoms with Gasteiger partial charge in [0, 0.05) is 12.8 Å². The molecule has 0 spiro atoms. The Morgan fingerprint density at radius 1 is 0.411 bits per heavy atom. The maximum Gasteiger partial charge on any atom is 0.309 e. The van der Waals surface area contributed by atoms with Crippen molar-refractivity contribution in [1.29, 1.82) is 0 Å². The average molecular weight is 779 g/mol. The molecule has 56 heavy (non-hydrogen) atoms. The van der Waals surface area contributed by atoms with E-state index in [9.17, 15) is 14.4 Å². The number of ether oxygens (including phenoxy) is 3. The largest absolute Gasteiger partial charge is 0.462 e. The van der Waals surface area contributed by atoms with E-state index < -0.39 is 12.1 Å². The van der Waals surface area contributed by atoms with Gasteiger partial charge in [-0.3, -0.25) is 14.4 Å². The maximum absolute atomic E-state index is 12.7. The van der Waals surface area contributed by atoms with Crippen LogP contribution in [0.3, 0.4) is 0 Å². The van der Waals surface area contributed by atoms with Crippen molar-refractivity contribution < 1.29 is 28.6 Å². The molecule has 318 valence electrons. The summed E-state index contributed by atoms with van der Waals surface area (Å²) in [7, 11) is 0. The van der Waals surface area contributed by atoms with Gasteiger partial charge < -0.3 is 14.2 Å². The number of unbranched alkanes of at least 4 members (excludes halogenated alkanes) is 18. The number of carbonyl (C=O) groups is 3. The number of esters is 3. The zero-order chi connectivity index (χ0) is 40.8. The van der Waals surface area contributed by atoms with E-state index in [4.69, 9.17) is 14.2 Å². The van der Waals surface area contributed by atoms with Crippen LogP contribution in [0.5, 0.6) is 0 Å². The first-order chi connectivity index (χ1) is 27.5. The van der Waals surface area contributed by atoms with Crippen molar-refractivity contribution in [3.8, 4) is 0 Å². The lowest BCUT2D eigenvalue weighted by Crippen LogP contribution is -2.30. The molecular formula is C50H82O6. The van der Waals surface area contributed by atoms with Crippen LogP contribution in [0.2, 0.25) is 0 Å². The molecule has 6 heteroatoms. The first-order valence-corrected chi connectivity index (χ1v) is 22.6. The Morgan fingerprint density at radius 2 is 0.839 bits per heavy atom. The summed E-state index contributed by atoms with van der Waals surface area (Å²) in [6.07, 6.45) is 56.1. The molecule has 0 bridgehead atoms. The van der Waals surface area contributed by atoms with Gasteiger partial charge in [0.1, 0.15) is 13.2 Å². The minimum atomic E-state index is -0.828. The molecule has 0 aliphatic heterocycles. The van der Waals surface area contributed by atoms with Gasteiger partial charge in [-0.1, -0.05) is 209 Å². The summed E-state index contributed by atoms with van der Waals surface area (Å²) in [6.45, 7) is 6.23. The fourth-order valence-electron chi connectivity index (χ4n) is 5.92. The van der Waals surface area contributed by atoms with Gasteiger partial charge in [-0.25, -0.2) is 0 Å². The van der Waals surface area contributed by atoms with Crippen molar-refractivity contribution in [2.24, 2.45) is 0 Å². The molecule has 0 amide bonds. The Labute approximate surface area is 344 Å². The van der Waals surface area contributed by atoms with Crippen LogP contribution < -0.4 is 0 Å². The van der Waals surface area contributed by atoms with Crippen LogP contribution in [0.15, 0.2) is 85.1 Å². The van der Waals surface area contributed by atoms with E-state index >= 15 is 0 Å². The summed E-state index contributed by atoms with van der Waals surface area (Å²) >= 11 is 0. The number of hydrogen-bond acceptors (Lipinski definition) is 6. The van der Waals surface area contributed by atoms with Gasteiger partial charge in [-0.15, -0.1) is 0 Å². The van der Waals surface area contributed by atoms with E-state index in [0.717, 1.165) is 64.2 Å². The van der Waals surface area contributed by atoms with Crippen molar-refractivity contribution in [3.63, 3.8) is 0 Å². The van der Waals surface area contributed by atoms with Crippen LogP contribution in [-0.4, -0.2) is 37.2 Å². The Bertz CT molecular complexity index is 1120. The van der Waals surface area contributed by atoms with Gasteiger partial charge in [0.05, 0.1) is 6.42 Å². The summed E-state index contributed by atoms with van der Waals surface area (Å²) < 4.78 is 16.5. The Kier molecular flexibility index (Phi) is 41.6. The van der Waals surface area contributed by atoms with Crippen LogP contribution in [0, 0.1) is 0 Å². The van der Waals surface area contributed by atoms with Crippen molar-refractivity contribution >= 4 is 17.9 Å². The second kappa shape index (κ2) is 44.3. The van der Waals surface area contributed by atoms with E-state index in [1.165, 1.54) is 83.5 Å². The molecule has 0 radical (unpaired) electrons. The van der Waals surface area contributed by atoms with Crippen LogP contribution in [0.25, 0.3) is 0 Å². The molecule has 0 aromatic rings. The summed E-state index contributed by atoms with van der Waals surface area (Å²) in [6, 6.07) is 0. The maximum atomic E-state index is 12.7. The van der Waals surface area contributed by atoms with Crippen molar-refractivity contribution in [2.45, 2.75) is 200 Å². The number of carbonyl (C=O) groups excluding carboxylic acids is 3. The highest BCUT2D eigenvalue weighted by Crippen LogP contribution is 2.15. The lowest BCUT2D eigenvalue weighted by molar-refractivity contribution is -0.166. The molecule has 0 rings (SSSR count). The average Bonchev–Trinajstić information content (AvgIpc) is 3.19. The fraction of sp³-hybridized carbons (Fsp3) is 0.660. The SMILES string of the molecule is CC\C=C/C=C\C=C/C=C\CCCCCC(=O)OC(COC(=O)C/C=C\C/C=C\C/C=C\CC)COC(=O)CCCCCCCCCCCCCCCCCC. The highest BCUT2D eigenvalue weighted by molar-refractivity contribution is 5.72. The summed E-state index contributed by atoms with van der Waals surface area (Å²) in [4.78, 5) is 37.6. The molecule has 0 saturated carbocycles. The van der Waals surface area contributed by atoms with Gasteiger partial charge in [-0.2, -0.15) is 0 Å². The van der Waals surface area contributed by atoms with Crippen LogP contribution in [0.1, 0.15) is 194 Å². The molecule has 6 nitrogen and oxygen atoms in total. The van der Waals surface area contributed by atoms with Gasteiger partial charge in [0.15, 0.2) is 6.10 Å². The number of rotatable bonds is 39. The summed E-state index contributed by atoms with van der Waals surface area (Å²) in [5, 5.41) is 0. The predicted molar refractivity (Wildman–Crippen MR) is 237 cm³/mol. The molecule has 0 fully saturated rings. The predicted octanol–water partition coefficient (Wildman–Crippen LogP) is 14.5. The molecule has 0 aromatic heterocycles. The molecule has 0 aliphatic carbocycles. The molecule has 0 aliphatic rings. The molecular weight excluding hydrogens is 697 g/mol. The highest BCUT2D eigenvalue weighted by atomic mass is 16.6. The molecule has 0 heterocycles. The summed E-state index contributed by atoms with van der Waals surface area (Å²) in [5.41, 5.74) is 0. The van der Waals surface area contributed by atoms with Crippen LogP contribution in [0.4, 0.5) is 0 Å². The van der Waals surface area contributed by atoms with E-state index in [1.807, 2.05) is 42.5 Å². The molecule has 1 unspecified atom stereocenters. The Morgan fingerprint density at radius 3 is 1.39 bits per heavy atom. The molecule has 0 N–H and O–H groups in total. The van der Waals surface area contributed by atoms with E-state index in [-0.39, 0.29) is 38.0 Å². The van der Waals surface area contributed by atoms with Gasteiger partial charge in [-0.05, 0) is 51.4 Å². The lowest BCUT2D eigenvalue weighted by atomic mass is 10.0. The van der Waals surface area contributed by atoms with Gasteiger partial charge in [0.25, 0.3) is 0 Å². The van der Waals surface area contributed by atoms with Crippen molar-refractivity contribution in [2.75, 3.05) is 13.2 Å². The van der Waals surface area contributed by atoms with Crippen LogP contribution in [-0.2, 0) is 28.6 Å². The Hall–Kier alpha value is -3.41. The standard InChI is InChI=1S/C50H82O6/c1-4-7-10-13-16-19-21-23-24-25-27-28-31-34-37-40-43-49(52)55-46-47(45-54-48(51)42-39-36-33-30-18-15-12-9-6-3)56-50(53)44-41-38-35-32-29-26-22-20-17-14-11-8-5-2/h8-9,11-12,14,17-18,20,22,26,29-30,36,39,47H,4-7,10,13,15-16,19,21,23-25,27-28,31-35,37-38,40-46H2,1-3H3/b11-8-,12-9-,17-14-,22-20-,29-26-,30-18-,39-36-. The lowest BCUT2D eigenvalue weighted by Gasteiger charge is -2.18. The Balaban J connectivity index is 4.45. The van der Waals surface area contributed by atoms with E-state index in [0.29, 0.717) is 12.8 Å². The molecule has 0 aromatic carbocycles. The van der Waals surface area contributed by atoms with Gasteiger partial charge >= 0.3 is 17.9 Å². The molecule has 1 atom stereocenters. The second-order valence-corrected chi connectivity index (χ2v) is 14.7. The van der Waals surface area contributed by atoms with Crippen molar-refractivity contribution in [3.05, 3.63) is 85.1 Å². The van der Waals surface area contributed by atoms with E-state index in [2.05, 4.69) is 57.2 Å². The van der Waals surface area contributed by atoms with E-state index in [1.54, 1.807) is 6.08 Å². The highest BCUT2D eigenvalue weighted by Gasteiger charge is 2.19. The number of allylic oxidation sites excluding steroid dienone is 13. The topological polar surface area (TPSA) is 78.9 Å². The zero-order valence-corrected chi connectivity index (χ0v) is 36.1. The smallest absolute Gasteiger partial charge is 0.309 e. The third-order valence-electron chi connectivity index (χ3n) is 9.27. The quantitative estimate of drug-likeness (QED) is 0.0203. The zero-order valence-electron chi connectivity index (χ0n) is 36.1. The third kappa shape index (κ3) is 41.7. The minimum Gasteiger partial charge on any atom is -0.462 e. The normalized spacial score (nSPS) is 12.8. The third-order valence-corrected chi connectivity index (χ3v) is 9.27. The fourth-order valence-corrected chi connectivity index (χ4v) is 5.92. The monoisotopic (exact) mass is 779 g/mol. The summed E-state index contributed by atoms with van der Waals surface area (Å²) in [5.74, 6) is -1.09. The number of hydrogen-bond donors (Lipinski definition) is 0.